The molecule has 1 N–H and O–H groups in total. The maximum absolute atomic E-state index is 14.0. The van der Waals surface area contributed by atoms with Crippen molar-refractivity contribution in [1.29, 1.82) is 0 Å². The normalized spacial score (nSPS) is 12.5. The first-order valence-electron chi connectivity index (χ1n) is 6.67. The lowest BCUT2D eigenvalue weighted by molar-refractivity contribution is 0.498. The molecule has 3 rings (SSSR count). The third-order valence-corrected chi connectivity index (χ3v) is 3.28. The van der Waals surface area contributed by atoms with Gasteiger partial charge >= 0.3 is 0 Å². The number of hydrogen-bond donors (Lipinski definition) is 1. The first-order chi connectivity index (χ1) is 10.1. The van der Waals surface area contributed by atoms with Crippen LogP contribution in [-0.2, 0) is 6.42 Å². The van der Waals surface area contributed by atoms with Crippen molar-refractivity contribution in [3.8, 4) is 0 Å². The summed E-state index contributed by atoms with van der Waals surface area (Å²) in [5.41, 5.74) is 0.557. The summed E-state index contributed by atoms with van der Waals surface area (Å²) < 4.78 is 33.0. The van der Waals surface area contributed by atoms with Crippen LogP contribution in [0.5, 0.6) is 0 Å². The van der Waals surface area contributed by atoms with Gasteiger partial charge in [-0.15, -0.1) is 0 Å². The molecule has 3 aromatic rings. The minimum absolute atomic E-state index is 0.00409. The molecule has 5 heteroatoms. The van der Waals surface area contributed by atoms with Gasteiger partial charge in [0.15, 0.2) is 0 Å². The van der Waals surface area contributed by atoms with Crippen LogP contribution in [0, 0.1) is 11.6 Å². The smallest absolute Gasteiger partial charge is 0.149 e. The Labute approximate surface area is 120 Å². The van der Waals surface area contributed by atoms with Crippen molar-refractivity contribution in [3.63, 3.8) is 0 Å². The predicted octanol–water partition coefficient (Wildman–Crippen LogP) is 4.15. The van der Waals surface area contributed by atoms with Crippen molar-refractivity contribution >= 4 is 16.6 Å². The van der Waals surface area contributed by atoms with E-state index in [1.54, 1.807) is 12.3 Å². The van der Waals surface area contributed by atoms with Crippen LogP contribution < -0.4 is 5.32 Å². The van der Waals surface area contributed by atoms with Crippen molar-refractivity contribution in [2.45, 2.75) is 19.4 Å². The number of furan rings is 1. The quantitative estimate of drug-likeness (QED) is 0.783. The van der Waals surface area contributed by atoms with E-state index < -0.39 is 11.6 Å². The van der Waals surface area contributed by atoms with Gasteiger partial charge in [-0.2, -0.15) is 0 Å². The highest BCUT2D eigenvalue weighted by Gasteiger charge is 2.13. The Bertz CT molecular complexity index is 756. The fourth-order valence-electron chi connectivity index (χ4n) is 2.36. The Hall–Kier alpha value is -2.43. The highest BCUT2D eigenvalue weighted by atomic mass is 19.1. The molecule has 1 atom stereocenters. The second-order valence-electron chi connectivity index (χ2n) is 4.94. The Morgan fingerprint density at radius 1 is 1.19 bits per heavy atom. The van der Waals surface area contributed by atoms with E-state index in [0.717, 1.165) is 17.9 Å². The average molecular weight is 288 g/mol. The maximum Gasteiger partial charge on any atom is 0.149 e. The van der Waals surface area contributed by atoms with Gasteiger partial charge in [-0.25, -0.2) is 8.78 Å². The van der Waals surface area contributed by atoms with Crippen molar-refractivity contribution in [2.24, 2.45) is 0 Å². The van der Waals surface area contributed by atoms with Gasteiger partial charge in [0.1, 0.15) is 22.9 Å². The van der Waals surface area contributed by atoms with Crippen LogP contribution >= 0.6 is 0 Å². The van der Waals surface area contributed by atoms with E-state index in [2.05, 4.69) is 10.3 Å². The van der Waals surface area contributed by atoms with E-state index in [9.17, 15) is 8.78 Å². The minimum Gasteiger partial charge on any atom is -0.469 e. The zero-order valence-electron chi connectivity index (χ0n) is 11.4. The zero-order chi connectivity index (χ0) is 14.8. The van der Waals surface area contributed by atoms with Crippen LogP contribution in [0.15, 0.2) is 47.2 Å². The summed E-state index contributed by atoms with van der Waals surface area (Å²) in [5.74, 6) is -0.194. The summed E-state index contributed by atoms with van der Waals surface area (Å²) in [5, 5.41) is 3.35. The Balaban J connectivity index is 1.92. The topological polar surface area (TPSA) is 38.1 Å². The molecule has 108 valence electrons. The summed E-state index contributed by atoms with van der Waals surface area (Å²) >= 11 is 0. The number of fused-ring (bicyclic) bond motifs is 1. The number of nitrogens with zero attached hydrogens (tertiary/aromatic N) is 1. The molecule has 0 spiro atoms. The van der Waals surface area contributed by atoms with Gasteiger partial charge in [0.25, 0.3) is 0 Å². The first kappa shape index (κ1) is 13.5. The summed E-state index contributed by atoms with van der Waals surface area (Å²) in [6.07, 6.45) is 3.72. The number of nitrogens with one attached hydrogen (secondary N) is 1. The van der Waals surface area contributed by atoms with E-state index in [1.807, 2.05) is 19.1 Å². The van der Waals surface area contributed by atoms with Gasteiger partial charge in [0.05, 0.1) is 11.6 Å². The third-order valence-electron chi connectivity index (χ3n) is 3.28. The summed E-state index contributed by atoms with van der Waals surface area (Å²) in [4.78, 5) is 3.91. The summed E-state index contributed by atoms with van der Waals surface area (Å²) in [6, 6.07) is 7.54. The molecule has 1 aromatic carbocycles. The lowest BCUT2D eigenvalue weighted by Crippen LogP contribution is -2.18. The van der Waals surface area contributed by atoms with Crippen molar-refractivity contribution < 1.29 is 13.2 Å². The Kier molecular flexibility index (Phi) is 3.56. The van der Waals surface area contributed by atoms with E-state index in [1.165, 1.54) is 6.20 Å². The van der Waals surface area contributed by atoms with E-state index in [-0.39, 0.29) is 16.9 Å². The number of pyridine rings is 1. The van der Waals surface area contributed by atoms with Gasteiger partial charge in [-0.3, -0.25) is 4.98 Å². The number of rotatable bonds is 4. The molecule has 0 aliphatic rings. The second-order valence-corrected chi connectivity index (χ2v) is 4.94. The fraction of sp³-hybridized carbons (Fsp3) is 0.188. The van der Waals surface area contributed by atoms with Gasteiger partial charge in [-0.1, -0.05) is 0 Å². The van der Waals surface area contributed by atoms with Crippen LogP contribution in [0.1, 0.15) is 12.7 Å². The number of halogens is 2. The van der Waals surface area contributed by atoms with E-state index in [4.69, 9.17) is 4.42 Å². The van der Waals surface area contributed by atoms with Gasteiger partial charge in [-0.05, 0) is 37.3 Å². The third kappa shape index (κ3) is 2.72. The van der Waals surface area contributed by atoms with Crippen molar-refractivity contribution in [2.75, 3.05) is 5.32 Å². The molecule has 0 aliphatic heterocycles. The zero-order valence-corrected chi connectivity index (χ0v) is 11.4. The maximum atomic E-state index is 14.0. The number of benzene rings is 1. The second kappa shape index (κ2) is 5.52. The minimum atomic E-state index is -0.534. The molecule has 0 saturated heterocycles. The first-order valence-corrected chi connectivity index (χ1v) is 6.67. The lowest BCUT2D eigenvalue weighted by Gasteiger charge is -2.16. The Morgan fingerprint density at radius 2 is 2.00 bits per heavy atom. The highest BCUT2D eigenvalue weighted by molar-refractivity contribution is 5.92. The molecule has 0 amide bonds. The fourth-order valence-corrected chi connectivity index (χ4v) is 2.36. The molecule has 21 heavy (non-hydrogen) atoms. The average Bonchev–Trinajstić information content (AvgIpc) is 2.96. The number of anilines is 1. The van der Waals surface area contributed by atoms with E-state index in [0.29, 0.717) is 12.1 Å². The number of hydrogen-bond acceptors (Lipinski definition) is 3. The standard InChI is InChI=1S/C16H14F2N2O/c1-10(9-11-3-2-8-21-11)20-14-6-7-19-16-13(18)5-4-12(17)15(14)16/h2-8,10H,9H2,1H3,(H,19,20). The van der Waals surface area contributed by atoms with Crippen LogP contribution in [0.3, 0.4) is 0 Å². The monoisotopic (exact) mass is 288 g/mol. The van der Waals surface area contributed by atoms with Gasteiger partial charge in [0.2, 0.25) is 0 Å². The predicted molar refractivity (Wildman–Crippen MR) is 77.2 cm³/mol. The number of aromatic nitrogens is 1. The molecule has 2 heterocycles. The van der Waals surface area contributed by atoms with Crippen LogP contribution in [0.25, 0.3) is 10.9 Å². The summed E-state index contributed by atoms with van der Waals surface area (Å²) in [7, 11) is 0. The molecular weight excluding hydrogens is 274 g/mol. The molecule has 1 unspecified atom stereocenters. The van der Waals surface area contributed by atoms with Gasteiger partial charge < -0.3 is 9.73 Å². The largest absolute Gasteiger partial charge is 0.469 e. The molecular formula is C16H14F2N2O. The van der Waals surface area contributed by atoms with Crippen molar-refractivity contribution in [1.82, 2.24) is 4.98 Å². The molecule has 0 aliphatic carbocycles. The molecule has 3 nitrogen and oxygen atoms in total. The highest BCUT2D eigenvalue weighted by Crippen LogP contribution is 2.27. The molecule has 0 radical (unpaired) electrons. The van der Waals surface area contributed by atoms with Gasteiger partial charge in [0, 0.05) is 24.3 Å². The van der Waals surface area contributed by atoms with Crippen LogP contribution in [0.4, 0.5) is 14.5 Å². The van der Waals surface area contributed by atoms with Crippen LogP contribution in [-0.4, -0.2) is 11.0 Å². The SMILES string of the molecule is CC(Cc1ccco1)Nc1ccnc2c(F)ccc(F)c12. The van der Waals surface area contributed by atoms with Crippen molar-refractivity contribution in [3.05, 3.63) is 60.2 Å². The lowest BCUT2D eigenvalue weighted by atomic mass is 10.1. The van der Waals surface area contributed by atoms with Crippen LogP contribution in [0.2, 0.25) is 0 Å². The molecule has 0 bridgehead atoms. The van der Waals surface area contributed by atoms with E-state index >= 15 is 0 Å². The molecule has 0 saturated carbocycles. The summed E-state index contributed by atoms with van der Waals surface area (Å²) in [6.45, 7) is 1.95. The Morgan fingerprint density at radius 3 is 2.76 bits per heavy atom. The molecule has 2 aromatic heterocycles. The molecule has 0 fully saturated rings.